The van der Waals surface area contributed by atoms with E-state index in [-0.39, 0.29) is 28.7 Å². The maximum Gasteiger partial charge on any atom is 0.191 e. The van der Waals surface area contributed by atoms with Crippen LogP contribution in [0.3, 0.4) is 0 Å². The van der Waals surface area contributed by atoms with E-state index in [4.69, 9.17) is 4.74 Å². The predicted octanol–water partition coefficient (Wildman–Crippen LogP) is 3.65. The zero-order chi connectivity index (χ0) is 15.6. The van der Waals surface area contributed by atoms with Gasteiger partial charge in [0.15, 0.2) is 5.96 Å². The van der Waals surface area contributed by atoms with Gasteiger partial charge in [-0.3, -0.25) is 4.99 Å². The number of thioether (sulfide) groups is 1. The Morgan fingerprint density at radius 1 is 1.27 bits per heavy atom. The van der Waals surface area contributed by atoms with Crippen molar-refractivity contribution in [3.8, 4) is 0 Å². The van der Waals surface area contributed by atoms with E-state index in [1.807, 2.05) is 11.8 Å². The molecule has 2 N–H and O–H groups in total. The Kier molecular flexibility index (Phi) is 12.9. The van der Waals surface area contributed by atoms with E-state index in [0.29, 0.717) is 6.10 Å². The first-order valence-electron chi connectivity index (χ1n) is 8.26. The second kappa shape index (κ2) is 12.7. The van der Waals surface area contributed by atoms with Gasteiger partial charge in [0.1, 0.15) is 0 Å². The van der Waals surface area contributed by atoms with Gasteiger partial charge >= 0.3 is 0 Å². The summed E-state index contributed by atoms with van der Waals surface area (Å²) in [5.41, 5.74) is 0. The van der Waals surface area contributed by atoms with Gasteiger partial charge in [0, 0.05) is 24.4 Å². The number of halogens is 1. The highest BCUT2D eigenvalue weighted by Crippen LogP contribution is 2.21. The summed E-state index contributed by atoms with van der Waals surface area (Å²) < 4.78 is 6.06. The molecule has 4 nitrogen and oxygen atoms in total. The number of nitrogens with one attached hydrogen (secondary N) is 2. The fourth-order valence-corrected chi connectivity index (χ4v) is 2.45. The summed E-state index contributed by atoms with van der Waals surface area (Å²) in [6.45, 7) is 10.0. The zero-order valence-electron chi connectivity index (χ0n) is 14.6. The van der Waals surface area contributed by atoms with E-state index < -0.39 is 0 Å². The summed E-state index contributed by atoms with van der Waals surface area (Å²) in [7, 11) is 0. The number of rotatable bonds is 9. The van der Waals surface area contributed by atoms with E-state index in [1.165, 1.54) is 25.7 Å². The third-order valence-corrected chi connectivity index (χ3v) is 5.02. The van der Waals surface area contributed by atoms with Crippen molar-refractivity contribution < 1.29 is 4.74 Å². The van der Waals surface area contributed by atoms with Crippen molar-refractivity contribution in [3.63, 3.8) is 0 Å². The van der Waals surface area contributed by atoms with Crippen LogP contribution in [0.1, 0.15) is 52.9 Å². The Morgan fingerprint density at radius 2 is 1.95 bits per heavy atom. The summed E-state index contributed by atoms with van der Waals surface area (Å²) in [4.78, 5) is 4.66. The molecule has 0 spiro atoms. The maximum absolute atomic E-state index is 5.87. The molecule has 1 aliphatic carbocycles. The first-order valence-corrected chi connectivity index (χ1v) is 9.49. The molecule has 0 bridgehead atoms. The minimum atomic E-state index is 0. The van der Waals surface area contributed by atoms with E-state index in [9.17, 15) is 0 Å². The molecule has 0 aromatic heterocycles. The van der Waals surface area contributed by atoms with Crippen LogP contribution >= 0.6 is 35.7 Å². The van der Waals surface area contributed by atoms with Gasteiger partial charge in [-0.1, -0.05) is 12.8 Å². The molecule has 1 rings (SSSR count). The number of hydrogen-bond donors (Lipinski definition) is 2. The van der Waals surface area contributed by atoms with Crippen LogP contribution in [0.2, 0.25) is 0 Å². The molecule has 6 heteroatoms. The maximum atomic E-state index is 5.87. The molecule has 0 aromatic rings. The van der Waals surface area contributed by atoms with E-state index in [0.717, 1.165) is 38.6 Å². The van der Waals surface area contributed by atoms with E-state index in [1.54, 1.807) is 0 Å². The average molecular weight is 443 g/mol. The van der Waals surface area contributed by atoms with Crippen LogP contribution in [0.15, 0.2) is 4.99 Å². The Bertz CT molecular complexity index is 308. The number of ether oxygens (including phenoxy) is 1. The third-order valence-electron chi connectivity index (χ3n) is 3.78. The lowest BCUT2D eigenvalue weighted by Gasteiger charge is -2.20. The Labute approximate surface area is 158 Å². The molecule has 0 atom stereocenters. The first-order chi connectivity index (χ1) is 10.1. The molecule has 0 unspecified atom stereocenters. The molecular weight excluding hydrogens is 409 g/mol. The van der Waals surface area contributed by atoms with Gasteiger partial charge in [0.05, 0.1) is 12.6 Å². The largest absolute Gasteiger partial charge is 0.378 e. The molecular formula is C16H34IN3OS. The number of hydrogen-bond acceptors (Lipinski definition) is 3. The van der Waals surface area contributed by atoms with Crippen molar-refractivity contribution in [2.24, 2.45) is 4.99 Å². The summed E-state index contributed by atoms with van der Waals surface area (Å²) in [6.07, 6.45) is 8.87. The topological polar surface area (TPSA) is 45.7 Å². The van der Waals surface area contributed by atoms with Crippen LogP contribution in [0.25, 0.3) is 0 Å². The summed E-state index contributed by atoms with van der Waals surface area (Å²) in [6, 6.07) is 0. The normalized spacial score (nSPS) is 16.5. The molecule has 0 amide bonds. The van der Waals surface area contributed by atoms with Gasteiger partial charge in [-0.15, -0.1) is 24.0 Å². The van der Waals surface area contributed by atoms with E-state index in [2.05, 4.69) is 42.7 Å². The molecule has 132 valence electrons. The van der Waals surface area contributed by atoms with Crippen LogP contribution in [0, 0.1) is 0 Å². The molecule has 0 saturated heterocycles. The van der Waals surface area contributed by atoms with Crippen molar-refractivity contribution >= 4 is 41.7 Å². The van der Waals surface area contributed by atoms with Crippen LogP contribution in [-0.2, 0) is 4.74 Å². The molecule has 0 heterocycles. The minimum Gasteiger partial charge on any atom is -0.378 e. The molecule has 22 heavy (non-hydrogen) atoms. The van der Waals surface area contributed by atoms with Crippen molar-refractivity contribution in [2.45, 2.75) is 63.7 Å². The SMILES string of the molecule is CCNC(=NCC(C)(C)SC)NCCCOC1CCCC1.I. The quantitative estimate of drug-likeness (QED) is 0.247. The van der Waals surface area contributed by atoms with Crippen LogP contribution in [0.4, 0.5) is 0 Å². The highest BCUT2D eigenvalue weighted by molar-refractivity contribution is 14.0. The standard InChI is InChI=1S/C16H33N3OS.HI/c1-5-17-15(19-13-16(2,3)21-4)18-11-8-12-20-14-9-6-7-10-14;/h14H,5-13H2,1-4H3,(H2,17,18,19);1H. The summed E-state index contributed by atoms with van der Waals surface area (Å²) in [5.74, 6) is 0.917. The molecule has 1 saturated carbocycles. The van der Waals surface area contributed by atoms with Crippen LogP contribution in [-0.4, -0.2) is 49.3 Å². The van der Waals surface area contributed by atoms with Crippen molar-refractivity contribution in [1.82, 2.24) is 10.6 Å². The van der Waals surface area contributed by atoms with Gasteiger partial charge in [-0.2, -0.15) is 11.8 Å². The lowest BCUT2D eigenvalue weighted by molar-refractivity contribution is 0.0574. The number of guanidine groups is 1. The Hall–Kier alpha value is 0.310. The third kappa shape index (κ3) is 10.2. The predicted molar refractivity (Wildman–Crippen MR) is 110 cm³/mol. The fourth-order valence-electron chi connectivity index (χ4n) is 2.26. The molecule has 1 fully saturated rings. The van der Waals surface area contributed by atoms with Crippen molar-refractivity contribution in [1.29, 1.82) is 0 Å². The van der Waals surface area contributed by atoms with Gasteiger partial charge in [0.2, 0.25) is 0 Å². The lowest BCUT2D eigenvalue weighted by atomic mass is 10.2. The molecule has 1 aliphatic rings. The highest BCUT2D eigenvalue weighted by Gasteiger charge is 2.16. The van der Waals surface area contributed by atoms with Crippen LogP contribution < -0.4 is 10.6 Å². The summed E-state index contributed by atoms with van der Waals surface area (Å²) in [5, 5.41) is 6.69. The van der Waals surface area contributed by atoms with Crippen LogP contribution in [0.5, 0.6) is 0 Å². The summed E-state index contributed by atoms with van der Waals surface area (Å²) >= 11 is 1.85. The molecule has 0 aromatic carbocycles. The van der Waals surface area contributed by atoms with Crippen molar-refractivity contribution in [3.05, 3.63) is 0 Å². The second-order valence-corrected chi connectivity index (χ2v) is 7.73. The highest BCUT2D eigenvalue weighted by atomic mass is 127. The smallest absolute Gasteiger partial charge is 0.191 e. The van der Waals surface area contributed by atoms with Gasteiger partial charge in [0.25, 0.3) is 0 Å². The minimum absolute atomic E-state index is 0. The Balaban J connectivity index is 0.00000441. The second-order valence-electron chi connectivity index (χ2n) is 6.22. The number of nitrogens with zero attached hydrogens (tertiary/aromatic N) is 1. The Morgan fingerprint density at radius 3 is 2.55 bits per heavy atom. The first kappa shape index (κ1) is 22.3. The van der Waals surface area contributed by atoms with Crippen molar-refractivity contribution in [2.75, 3.05) is 32.5 Å². The van der Waals surface area contributed by atoms with Gasteiger partial charge in [-0.25, -0.2) is 0 Å². The van der Waals surface area contributed by atoms with Gasteiger partial charge < -0.3 is 15.4 Å². The number of aliphatic imine (C=N–C) groups is 1. The monoisotopic (exact) mass is 443 g/mol. The molecule has 0 aliphatic heterocycles. The fraction of sp³-hybridized carbons (Fsp3) is 0.938. The lowest BCUT2D eigenvalue weighted by Crippen LogP contribution is -2.39. The van der Waals surface area contributed by atoms with Gasteiger partial charge in [-0.05, 0) is 46.3 Å². The average Bonchev–Trinajstić information content (AvgIpc) is 2.97. The molecule has 0 radical (unpaired) electrons. The zero-order valence-corrected chi connectivity index (χ0v) is 17.8. The van der Waals surface area contributed by atoms with E-state index >= 15 is 0 Å².